The van der Waals surface area contributed by atoms with E-state index in [1.165, 1.54) is 6.20 Å². The van der Waals surface area contributed by atoms with Crippen LogP contribution in [0.5, 0.6) is 0 Å². The topological polar surface area (TPSA) is 77.2 Å². The lowest BCUT2D eigenvalue weighted by Crippen LogP contribution is -2.04. The van der Waals surface area contributed by atoms with Crippen molar-refractivity contribution in [3.8, 4) is 0 Å². The number of hydrogen-bond donors (Lipinski definition) is 1. The van der Waals surface area contributed by atoms with Gasteiger partial charge in [0.2, 0.25) is 0 Å². The summed E-state index contributed by atoms with van der Waals surface area (Å²) in [5, 5.41) is 14.2. The monoisotopic (exact) mass is 297 g/mol. The molecule has 0 atom stereocenters. The molecule has 0 unspecified atom stereocenters. The number of rotatable bonds is 6. The van der Waals surface area contributed by atoms with E-state index in [9.17, 15) is 4.79 Å². The molecule has 0 aliphatic heterocycles. The molecule has 20 heavy (non-hydrogen) atoms. The highest BCUT2D eigenvalue weighted by molar-refractivity contribution is 6.38. The number of ether oxygens (including phenoxy) is 1. The van der Waals surface area contributed by atoms with Crippen LogP contribution in [0.1, 0.15) is 28.9 Å². The second-order valence-corrected chi connectivity index (χ2v) is 4.88. The Hall–Kier alpha value is -1.66. The number of pyridine rings is 1. The molecular weight excluding hydrogens is 282 g/mol. The minimum atomic E-state index is -1.09. The molecule has 0 saturated heterocycles. The predicted molar refractivity (Wildman–Crippen MR) is 75.3 cm³/mol. The van der Waals surface area contributed by atoms with Gasteiger partial charge in [-0.25, -0.2) is 14.5 Å². The standard InChI is InChI=1S/C13H16ClN3O3/c1-8-10-11(14)9(13(18)19)7-15-12(10)17(16-8)5-3-4-6-20-2/h7H,3-6H2,1-2H3,(H,18,19). The average Bonchev–Trinajstić information content (AvgIpc) is 2.72. The van der Waals surface area contributed by atoms with Crippen LogP contribution in [0, 0.1) is 6.92 Å². The zero-order valence-electron chi connectivity index (χ0n) is 11.4. The van der Waals surface area contributed by atoms with Crippen LogP contribution < -0.4 is 0 Å². The number of hydrogen-bond acceptors (Lipinski definition) is 4. The molecule has 2 aromatic heterocycles. The smallest absolute Gasteiger partial charge is 0.338 e. The number of methoxy groups -OCH3 is 1. The first-order valence-electron chi connectivity index (χ1n) is 6.30. The summed E-state index contributed by atoms with van der Waals surface area (Å²) in [6.07, 6.45) is 3.11. The van der Waals surface area contributed by atoms with Crippen molar-refractivity contribution >= 4 is 28.6 Å². The Morgan fingerprint density at radius 3 is 2.90 bits per heavy atom. The van der Waals surface area contributed by atoms with E-state index in [0.29, 0.717) is 29.9 Å². The van der Waals surface area contributed by atoms with Crippen LogP contribution in [0.2, 0.25) is 5.02 Å². The molecule has 2 rings (SSSR count). The van der Waals surface area contributed by atoms with Gasteiger partial charge in [0.05, 0.1) is 21.7 Å². The van der Waals surface area contributed by atoms with Crippen LogP contribution >= 0.6 is 11.6 Å². The molecule has 0 radical (unpaired) electrons. The molecule has 0 bridgehead atoms. The number of halogens is 1. The Balaban J connectivity index is 2.35. The Morgan fingerprint density at radius 1 is 1.50 bits per heavy atom. The summed E-state index contributed by atoms with van der Waals surface area (Å²) < 4.78 is 6.76. The molecule has 0 saturated carbocycles. The quantitative estimate of drug-likeness (QED) is 0.829. The molecule has 2 heterocycles. The summed E-state index contributed by atoms with van der Waals surface area (Å²) in [7, 11) is 1.67. The van der Waals surface area contributed by atoms with Gasteiger partial charge in [-0.05, 0) is 19.8 Å². The Bertz CT molecular complexity index is 639. The number of aryl methyl sites for hydroxylation is 2. The van der Waals surface area contributed by atoms with Gasteiger partial charge in [0, 0.05) is 26.5 Å². The number of aromatic carboxylic acids is 1. The van der Waals surface area contributed by atoms with Crippen molar-refractivity contribution in [3.05, 3.63) is 22.5 Å². The van der Waals surface area contributed by atoms with Crippen LogP contribution in [0.3, 0.4) is 0 Å². The van der Waals surface area contributed by atoms with Crippen molar-refractivity contribution in [3.63, 3.8) is 0 Å². The van der Waals surface area contributed by atoms with Crippen LogP contribution in [-0.4, -0.2) is 39.6 Å². The second-order valence-electron chi connectivity index (χ2n) is 4.50. The Labute approximate surface area is 121 Å². The number of nitrogens with zero attached hydrogens (tertiary/aromatic N) is 3. The van der Waals surface area contributed by atoms with E-state index in [1.54, 1.807) is 18.7 Å². The predicted octanol–water partition coefficient (Wildman–Crippen LogP) is 2.52. The SMILES string of the molecule is COCCCCn1nc(C)c2c(Cl)c(C(=O)O)cnc21. The summed E-state index contributed by atoms with van der Waals surface area (Å²) in [6.45, 7) is 3.20. The molecule has 0 aliphatic rings. The summed E-state index contributed by atoms with van der Waals surface area (Å²) in [4.78, 5) is 15.2. The number of unbranched alkanes of at least 4 members (excludes halogenated alkanes) is 1. The lowest BCUT2D eigenvalue weighted by molar-refractivity contribution is 0.0697. The third-order valence-electron chi connectivity index (χ3n) is 3.07. The molecule has 0 aliphatic carbocycles. The van der Waals surface area contributed by atoms with Crippen LogP contribution in [-0.2, 0) is 11.3 Å². The van der Waals surface area contributed by atoms with E-state index in [0.717, 1.165) is 12.8 Å². The van der Waals surface area contributed by atoms with Crippen molar-refractivity contribution in [1.82, 2.24) is 14.8 Å². The molecule has 6 nitrogen and oxygen atoms in total. The van der Waals surface area contributed by atoms with Gasteiger partial charge in [-0.15, -0.1) is 0 Å². The highest BCUT2D eigenvalue weighted by Gasteiger charge is 2.18. The fraction of sp³-hybridized carbons (Fsp3) is 0.462. The first-order valence-corrected chi connectivity index (χ1v) is 6.68. The molecule has 1 N–H and O–H groups in total. The molecule has 0 amide bonds. The van der Waals surface area contributed by atoms with Crippen molar-refractivity contribution in [2.24, 2.45) is 0 Å². The lowest BCUT2D eigenvalue weighted by Gasteiger charge is -2.04. The molecule has 108 valence electrons. The minimum Gasteiger partial charge on any atom is -0.478 e. The van der Waals surface area contributed by atoms with Crippen LogP contribution in [0.25, 0.3) is 11.0 Å². The van der Waals surface area contributed by atoms with Gasteiger partial charge in [0.1, 0.15) is 0 Å². The zero-order chi connectivity index (χ0) is 14.7. The normalized spacial score (nSPS) is 11.2. The number of carboxylic acid groups (broad SMARTS) is 1. The van der Waals surface area contributed by atoms with Crippen LogP contribution in [0.4, 0.5) is 0 Å². The average molecular weight is 298 g/mol. The molecule has 0 fully saturated rings. The van der Waals surface area contributed by atoms with E-state index >= 15 is 0 Å². The van der Waals surface area contributed by atoms with Gasteiger partial charge >= 0.3 is 5.97 Å². The summed E-state index contributed by atoms with van der Waals surface area (Å²) in [5.41, 5.74) is 1.31. The number of carboxylic acids is 1. The Kier molecular flexibility index (Phi) is 4.57. The van der Waals surface area contributed by atoms with Crippen molar-refractivity contribution in [1.29, 1.82) is 0 Å². The second kappa shape index (κ2) is 6.19. The maximum absolute atomic E-state index is 11.1. The number of fused-ring (bicyclic) bond motifs is 1. The van der Waals surface area contributed by atoms with Gasteiger partial charge in [-0.1, -0.05) is 11.6 Å². The Morgan fingerprint density at radius 2 is 2.25 bits per heavy atom. The van der Waals surface area contributed by atoms with Gasteiger partial charge in [-0.2, -0.15) is 5.10 Å². The third-order valence-corrected chi connectivity index (χ3v) is 3.46. The number of carbonyl (C=O) groups is 1. The highest BCUT2D eigenvalue weighted by atomic mass is 35.5. The molecule has 2 aromatic rings. The molecule has 0 spiro atoms. The first-order chi connectivity index (χ1) is 9.56. The van der Waals surface area contributed by atoms with Gasteiger partial charge in [0.25, 0.3) is 0 Å². The van der Waals surface area contributed by atoms with Crippen LogP contribution in [0.15, 0.2) is 6.20 Å². The summed E-state index contributed by atoms with van der Waals surface area (Å²) >= 11 is 6.14. The molecule has 7 heteroatoms. The van der Waals surface area contributed by atoms with Gasteiger partial charge in [0.15, 0.2) is 5.65 Å². The first kappa shape index (κ1) is 14.7. The van der Waals surface area contributed by atoms with Crippen molar-refractivity contribution in [2.45, 2.75) is 26.3 Å². The fourth-order valence-electron chi connectivity index (χ4n) is 2.09. The highest BCUT2D eigenvalue weighted by Crippen LogP contribution is 2.28. The van der Waals surface area contributed by atoms with E-state index in [4.69, 9.17) is 21.4 Å². The summed E-state index contributed by atoms with van der Waals surface area (Å²) in [6, 6.07) is 0. The number of aromatic nitrogens is 3. The summed E-state index contributed by atoms with van der Waals surface area (Å²) in [5.74, 6) is -1.09. The van der Waals surface area contributed by atoms with E-state index in [1.807, 2.05) is 0 Å². The third kappa shape index (κ3) is 2.76. The van der Waals surface area contributed by atoms with E-state index in [-0.39, 0.29) is 10.6 Å². The maximum atomic E-state index is 11.1. The molecular formula is C13H16ClN3O3. The zero-order valence-corrected chi connectivity index (χ0v) is 12.1. The minimum absolute atomic E-state index is 0.00111. The molecule has 0 aromatic carbocycles. The maximum Gasteiger partial charge on any atom is 0.338 e. The van der Waals surface area contributed by atoms with Gasteiger partial charge in [-0.3, -0.25) is 0 Å². The van der Waals surface area contributed by atoms with E-state index in [2.05, 4.69) is 10.1 Å². The fourth-order valence-corrected chi connectivity index (χ4v) is 2.44. The largest absolute Gasteiger partial charge is 0.478 e. The van der Waals surface area contributed by atoms with E-state index < -0.39 is 5.97 Å². The lowest BCUT2D eigenvalue weighted by atomic mass is 10.2. The van der Waals surface area contributed by atoms with Crippen molar-refractivity contribution in [2.75, 3.05) is 13.7 Å². The van der Waals surface area contributed by atoms with Gasteiger partial charge < -0.3 is 9.84 Å². The van der Waals surface area contributed by atoms with Crippen molar-refractivity contribution < 1.29 is 14.6 Å².